The van der Waals surface area contributed by atoms with Crippen molar-refractivity contribution in [2.45, 2.75) is 31.2 Å². The van der Waals surface area contributed by atoms with Crippen LogP contribution in [-0.2, 0) is 19.6 Å². The summed E-state index contributed by atoms with van der Waals surface area (Å²) in [7, 11) is -2.64. The summed E-state index contributed by atoms with van der Waals surface area (Å²) in [6, 6.07) is 15.5. The van der Waals surface area contributed by atoms with Crippen LogP contribution in [0.5, 0.6) is 0 Å². The maximum absolute atomic E-state index is 13.8. The van der Waals surface area contributed by atoms with Gasteiger partial charge in [-0.25, -0.2) is 8.42 Å². The molecule has 0 aliphatic heterocycles. The van der Waals surface area contributed by atoms with Gasteiger partial charge in [0, 0.05) is 12.1 Å². The minimum Gasteiger partial charge on any atom is -0.468 e. The molecule has 29 heavy (non-hydrogen) atoms. The largest absolute Gasteiger partial charge is 0.468 e. The highest BCUT2D eigenvalue weighted by Crippen LogP contribution is 2.31. The predicted octanol–water partition coefficient (Wildman–Crippen LogP) is 4.30. The fourth-order valence-electron chi connectivity index (χ4n) is 3.17. The number of ether oxygens (including phenoxy) is 1. The molecule has 0 spiro atoms. The zero-order valence-corrected chi connectivity index (χ0v) is 19.0. The summed E-state index contributed by atoms with van der Waals surface area (Å²) in [5, 5.41) is 0. The second kappa shape index (κ2) is 10.8. The molecule has 2 aromatic carbocycles. The van der Waals surface area contributed by atoms with Crippen molar-refractivity contribution in [2.24, 2.45) is 5.92 Å². The molecule has 0 heterocycles. The molecular weight excluding hydrogens is 406 g/mol. The Morgan fingerprint density at radius 1 is 1.07 bits per heavy atom. The van der Waals surface area contributed by atoms with E-state index < -0.39 is 22.0 Å². The number of hydrogen-bond donors (Lipinski definition) is 0. The second-order valence-corrected chi connectivity index (χ2v) is 10.00. The maximum Gasteiger partial charge on any atom is 0.324 e. The van der Waals surface area contributed by atoms with Gasteiger partial charge >= 0.3 is 5.97 Å². The number of hydrogen-bond acceptors (Lipinski definition) is 5. The first-order chi connectivity index (χ1) is 13.8. The Kier molecular flexibility index (Phi) is 8.74. The van der Waals surface area contributed by atoms with Crippen LogP contribution >= 0.6 is 11.8 Å². The van der Waals surface area contributed by atoms with Gasteiger partial charge in [-0.15, -0.1) is 0 Å². The maximum atomic E-state index is 13.8. The molecule has 0 radical (unpaired) electrons. The molecule has 0 N–H and O–H groups in total. The fraction of sp³-hybridized carbons (Fsp3) is 0.409. The molecule has 0 aliphatic rings. The number of nitrogens with zero attached hydrogens (tertiary/aromatic N) is 1. The van der Waals surface area contributed by atoms with Crippen LogP contribution in [0.25, 0.3) is 11.1 Å². The Balaban J connectivity index is 2.60. The minimum absolute atomic E-state index is 0.0510. The molecule has 5 nitrogen and oxygen atoms in total. The van der Waals surface area contributed by atoms with Crippen LogP contribution in [0.15, 0.2) is 59.5 Å². The highest BCUT2D eigenvalue weighted by molar-refractivity contribution is 7.98. The molecule has 7 heteroatoms. The van der Waals surface area contributed by atoms with Gasteiger partial charge < -0.3 is 4.74 Å². The molecule has 1 atom stereocenters. The van der Waals surface area contributed by atoms with Crippen molar-refractivity contribution >= 4 is 27.8 Å². The first kappa shape index (κ1) is 23.4. The Labute approximate surface area is 178 Å². The molecule has 0 aromatic heterocycles. The molecule has 0 aliphatic carbocycles. The monoisotopic (exact) mass is 435 g/mol. The van der Waals surface area contributed by atoms with Gasteiger partial charge in [-0.1, -0.05) is 62.4 Å². The van der Waals surface area contributed by atoms with Crippen LogP contribution < -0.4 is 0 Å². The van der Waals surface area contributed by atoms with Gasteiger partial charge in [-0.2, -0.15) is 16.1 Å². The number of methoxy groups -OCH3 is 1. The van der Waals surface area contributed by atoms with Crippen molar-refractivity contribution in [3.63, 3.8) is 0 Å². The van der Waals surface area contributed by atoms with E-state index in [1.807, 2.05) is 56.5 Å². The fourth-order valence-corrected chi connectivity index (χ4v) is 5.62. The summed E-state index contributed by atoms with van der Waals surface area (Å²) < 4.78 is 33.9. The average Bonchev–Trinajstić information content (AvgIpc) is 2.73. The summed E-state index contributed by atoms with van der Waals surface area (Å²) in [5.41, 5.74) is 1.44. The van der Waals surface area contributed by atoms with Crippen molar-refractivity contribution < 1.29 is 17.9 Å². The van der Waals surface area contributed by atoms with Crippen molar-refractivity contribution in [3.8, 4) is 11.1 Å². The minimum atomic E-state index is -3.94. The summed E-state index contributed by atoms with van der Waals surface area (Å²) in [5.74, 6) is 0.181. The topological polar surface area (TPSA) is 63.7 Å². The van der Waals surface area contributed by atoms with E-state index in [0.717, 1.165) is 5.56 Å². The standard InChI is InChI=1S/C22H29NO4S2/c1-17(2)16-23(20(14-15-28-4)22(24)27-3)29(25,26)21-13-9-8-12-19(21)18-10-6-5-7-11-18/h5-13,17,20H,14-16H2,1-4H3. The Morgan fingerprint density at radius 3 is 2.28 bits per heavy atom. The molecule has 158 valence electrons. The first-order valence-electron chi connectivity index (χ1n) is 9.56. The van der Waals surface area contributed by atoms with E-state index in [9.17, 15) is 13.2 Å². The van der Waals surface area contributed by atoms with Crippen molar-refractivity contribution in [2.75, 3.05) is 25.7 Å². The number of carbonyl (C=O) groups is 1. The Morgan fingerprint density at radius 2 is 1.69 bits per heavy atom. The molecule has 0 fully saturated rings. The zero-order valence-electron chi connectivity index (χ0n) is 17.4. The average molecular weight is 436 g/mol. The van der Waals surface area contributed by atoms with Crippen LogP contribution in [0.3, 0.4) is 0 Å². The third-order valence-corrected chi connectivity index (χ3v) is 7.10. The molecule has 0 saturated carbocycles. The molecule has 2 aromatic rings. The van der Waals surface area contributed by atoms with Crippen LogP contribution in [0.4, 0.5) is 0 Å². The van der Waals surface area contributed by atoms with E-state index in [4.69, 9.17) is 4.74 Å². The highest BCUT2D eigenvalue weighted by Gasteiger charge is 2.37. The van der Waals surface area contributed by atoms with Crippen LogP contribution in [0, 0.1) is 5.92 Å². The van der Waals surface area contributed by atoms with Crippen molar-refractivity contribution in [1.82, 2.24) is 4.31 Å². The van der Waals surface area contributed by atoms with E-state index in [0.29, 0.717) is 17.7 Å². The van der Waals surface area contributed by atoms with Crippen LogP contribution in [-0.4, -0.2) is 50.4 Å². The van der Waals surface area contributed by atoms with Gasteiger partial charge in [-0.3, -0.25) is 4.79 Å². The number of esters is 1. The Bertz CT molecular complexity index is 898. The normalized spacial score (nSPS) is 12.9. The first-order valence-corrected chi connectivity index (χ1v) is 12.4. The predicted molar refractivity (Wildman–Crippen MR) is 119 cm³/mol. The third-order valence-electron chi connectivity index (χ3n) is 4.52. The second-order valence-electron chi connectivity index (χ2n) is 7.15. The molecule has 0 bridgehead atoms. The van der Waals surface area contributed by atoms with E-state index >= 15 is 0 Å². The zero-order chi connectivity index (χ0) is 21.4. The number of carbonyl (C=O) groups excluding carboxylic acids is 1. The van der Waals surface area contributed by atoms with E-state index in [1.54, 1.807) is 30.0 Å². The molecule has 1 unspecified atom stereocenters. The van der Waals surface area contributed by atoms with Crippen LogP contribution in [0.2, 0.25) is 0 Å². The summed E-state index contributed by atoms with van der Waals surface area (Å²) in [4.78, 5) is 12.7. The lowest BCUT2D eigenvalue weighted by Crippen LogP contribution is -2.47. The molecule has 2 rings (SSSR count). The van der Waals surface area contributed by atoms with Gasteiger partial charge in [0.05, 0.1) is 12.0 Å². The Hall–Kier alpha value is -1.83. The highest BCUT2D eigenvalue weighted by atomic mass is 32.2. The van der Waals surface area contributed by atoms with Crippen molar-refractivity contribution in [3.05, 3.63) is 54.6 Å². The lowest BCUT2D eigenvalue weighted by molar-refractivity contribution is -0.145. The van der Waals surface area contributed by atoms with Gasteiger partial charge in [0.15, 0.2) is 0 Å². The van der Waals surface area contributed by atoms with E-state index in [1.165, 1.54) is 11.4 Å². The summed E-state index contributed by atoms with van der Waals surface area (Å²) in [6.07, 6.45) is 2.33. The summed E-state index contributed by atoms with van der Waals surface area (Å²) in [6.45, 7) is 4.11. The smallest absolute Gasteiger partial charge is 0.324 e. The van der Waals surface area contributed by atoms with Gasteiger partial charge in [0.2, 0.25) is 10.0 Å². The van der Waals surface area contributed by atoms with Gasteiger partial charge in [-0.05, 0) is 36.0 Å². The third kappa shape index (κ3) is 5.84. The number of rotatable bonds is 10. The van der Waals surface area contributed by atoms with Gasteiger partial charge in [0.25, 0.3) is 0 Å². The SMILES string of the molecule is COC(=O)C(CCSC)N(CC(C)C)S(=O)(=O)c1ccccc1-c1ccccc1. The molecule has 0 saturated heterocycles. The number of benzene rings is 2. The van der Waals surface area contributed by atoms with E-state index in [2.05, 4.69) is 0 Å². The lowest BCUT2D eigenvalue weighted by Gasteiger charge is -2.31. The quantitative estimate of drug-likeness (QED) is 0.521. The summed E-state index contributed by atoms with van der Waals surface area (Å²) >= 11 is 1.57. The van der Waals surface area contributed by atoms with Gasteiger partial charge in [0.1, 0.15) is 6.04 Å². The lowest BCUT2D eigenvalue weighted by atomic mass is 10.1. The number of thioether (sulfide) groups is 1. The van der Waals surface area contributed by atoms with E-state index in [-0.39, 0.29) is 17.4 Å². The van der Waals surface area contributed by atoms with Crippen LogP contribution in [0.1, 0.15) is 20.3 Å². The molecular formula is C22H29NO4S2. The number of sulfonamides is 1. The van der Waals surface area contributed by atoms with Crippen molar-refractivity contribution in [1.29, 1.82) is 0 Å². The molecule has 0 amide bonds.